The third-order valence-corrected chi connectivity index (χ3v) is 4.89. The molecule has 122 valence electrons. The van der Waals surface area contributed by atoms with Crippen molar-refractivity contribution >= 4 is 23.1 Å². The molecule has 1 aliphatic heterocycles. The zero-order chi connectivity index (χ0) is 16.1. The molecule has 4 heteroatoms. The molecule has 0 aliphatic carbocycles. The Hall–Kier alpha value is -1.13. The fraction of sp³-hybridized carbons (Fsp3) is 0.611. The smallest absolute Gasteiger partial charge is 0.261 e. The Morgan fingerprint density at radius 3 is 2.41 bits per heavy atom. The van der Waals surface area contributed by atoms with E-state index in [2.05, 4.69) is 56.1 Å². The lowest BCUT2D eigenvalue weighted by Crippen LogP contribution is -2.45. The largest absolute Gasteiger partial charge is 0.469 e. The number of aryl methyl sites for hydroxylation is 2. The Morgan fingerprint density at radius 1 is 1.23 bits per heavy atom. The van der Waals surface area contributed by atoms with Crippen molar-refractivity contribution in [3.63, 3.8) is 0 Å². The van der Waals surface area contributed by atoms with E-state index in [1.165, 1.54) is 30.4 Å². The van der Waals surface area contributed by atoms with Crippen LogP contribution in [-0.4, -0.2) is 35.3 Å². The molecule has 0 unspecified atom stereocenters. The van der Waals surface area contributed by atoms with Gasteiger partial charge in [0.05, 0.1) is 0 Å². The fourth-order valence-electron chi connectivity index (χ4n) is 3.31. The second-order valence-electron chi connectivity index (χ2n) is 6.39. The van der Waals surface area contributed by atoms with Crippen molar-refractivity contribution in [2.75, 3.05) is 18.5 Å². The molecule has 0 aromatic heterocycles. The topological polar surface area (TPSA) is 24.5 Å². The van der Waals surface area contributed by atoms with Gasteiger partial charge in [-0.3, -0.25) is 4.90 Å². The molecule has 2 rings (SSSR count). The predicted octanol–water partition coefficient (Wildman–Crippen LogP) is 4.28. The van der Waals surface area contributed by atoms with Crippen LogP contribution in [0.2, 0.25) is 0 Å². The second-order valence-corrected chi connectivity index (χ2v) is 6.77. The van der Waals surface area contributed by atoms with E-state index < -0.39 is 0 Å². The van der Waals surface area contributed by atoms with E-state index in [4.69, 9.17) is 17.0 Å². The number of thiocarbonyl (C=S) groups is 1. The van der Waals surface area contributed by atoms with Gasteiger partial charge in [0, 0.05) is 24.3 Å². The highest BCUT2D eigenvalue weighted by Gasteiger charge is 2.24. The number of benzene rings is 1. The molecule has 22 heavy (non-hydrogen) atoms. The summed E-state index contributed by atoms with van der Waals surface area (Å²) in [5, 5.41) is 3.70. The van der Waals surface area contributed by atoms with Gasteiger partial charge in [-0.05, 0) is 63.9 Å². The Morgan fingerprint density at radius 2 is 1.82 bits per heavy atom. The predicted molar refractivity (Wildman–Crippen MR) is 97.6 cm³/mol. The van der Waals surface area contributed by atoms with E-state index in [9.17, 15) is 0 Å². The van der Waals surface area contributed by atoms with Crippen molar-refractivity contribution in [1.29, 1.82) is 0 Å². The van der Waals surface area contributed by atoms with Gasteiger partial charge in [-0.15, -0.1) is 0 Å². The summed E-state index contributed by atoms with van der Waals surface area (Å²) in [5.74, 6) is 0. The first-order chi connectivity index (χ1) is 10.5. The maximum absolute atomic E-state index is 5.73. The van der Waals surface area contributed by atoms with Crippen molar-refractivity contribution < 1.29 is 4.74 Å². The highest BCUT2D eigenvalue weighted by Crippen LogP contribution is 2.22. The van der Waals surface area contributed by atoms with E-state index in [1.807, 2.05) is 0 Å². The van der Waals surface area contributed by atoms with Crippen LogP contribution in [0.4, 0.5) is 5.69 Å². The van der Waals surface area contributed by atoms with Crippen LogP contribution < -0.4 is 5.32 Å². The molecule has 1 saturated heterocycles. The average molecular weight is 321 g/mol. The third-order valence-electron chi connectivity index (χ3n) is 4.67. The molecule has 2 atom stereocenters. The average Bonchev–Trinajstić information content (AvgIpc) is 2.46. The summed E-state index contributed by atoms with van der Waals surface area (Å²) in [6.07, 6.45) is 3.91. The number of hydrogen-bond donors (Lipinski definition) is 1. The van der Waals surface area contributed by atoms with Crippen LogP contribution in [0, 0.1) is 13.8 Å². The maximum Gasteiger partial charge on any atom is 0.261 e. The van der Waals surface area contributed by atoms with Crippen LogP contribution in [0.3, 0.4) is 0 Å². The van der Waals surface area contributed by atoms with Crippen LogP contribution >= 0.6 is 12.2 Å². The number of nitrogens with zero attached hydrogens (tertiary/aromatic N) is 1. The first-order valence-electron chi connectivity index (χ1n) is 8.24. The summed E-state index contributed by atoms with van der Waals surface area (Å²) in [7, 11) is 0. The number of rotatable bonds is 4. The Balaban J connectivity index is 1.81. The van der Waals surface area contributed by atoms with Crippen LogP contribution in [-0.2, 0) is 4.74 Å². The number of hydrogen-bond acceptors (Lipinski definition) is 3. The monoisotopic (exact) mass is 320 g/mol. The molecule has 1 heterocycles. The molecule has 1 N–H and O–H groups in total. The number of likely N-dealkylation sites (tertiary alicyclic amines) is 1. The van der Waals surface area contributed by atoms with E-state index in [-0.39, 0.29) is 0 Å². The summed E-state index contributed by atoms with van der Waals surface area (Å²) >= 11 is 5.33. The van der Waals surface area contributed by atoms with Crippen LogP contribution in [0.25, 0.3) is 0 Å². The van der Waals surface area contributed by atoms with Crippen molar-refractivity contribution in [2.24, 2.45) is 0 Å². The number of piperidine rings is 1. The summed E-state index contributed by atoms with van der Waals surface area (Å²) in [5.41, 5.74) is 3.43. The van der Waals surface area contributed by atoms with Gasteiger partial charge in [0.15, 0.2) is 0 Å². The van der Waals surface area contributed by atoms with Gasteiger partial charge < -0.3 is 10.1 Å². The van der Waals surface area contributed by atoms with E-state index >= 15 is 0 Å². The summed E-state index contributed by atoms with van der Waals surface area (Å²) in [6.45, 7) is 10.4. The van der Waals surface area contributed by atoms with Crippen molar-refractivity contribution in [2.45, 2.75) is 59.0 Å². The fourth-order valence-corrected chi connectivity index (χ4v) is 3.49. The van der Waals surface area contributed by atoms with Gasteiger partial charge in [0.2, 0.25) is 0 Å². The van der Waals surface area contributed by atoms with Gasteiger partial charge in [0.1, 0.15) is 6.61 Å². The quantitative estimate of drug-likeness (QED) is 0.837. The zero-order valence-electron chi connectivity index (χ0n) is 14.2. The minimum Gasteiger partial charge on any atom is -0.469 e. The number of para-hydroxylation sites is 1. The van der Waals surface area contributed by atoms with Gasteiger partial charge in [0.25, 0.3) is 5.17 Å². The van der Waals surface area contributed by atoms with E-state index in [0.717, 1.165) is 12.2 Å². The Bertz CT molecular complexity index is 488. The first kappa shape index (κ1) is 17.2. The molecular formula is C18H28N2OS. The van der Waals surface area contributed by atoms with E-state index in [0.29, 0.717) is 23.9 Å². The maximum atomic E-state index is 5.73. The number of anilines is 1. The van der Waals surface area contributed by atoms with Gasteiger partial charge in [-0.2, -0.15) is 0 Å². The molecule has 1 aromatic carbocycles. The molecule has 0 spiro atoms. The second kappa shape index (κ2) is 7.93. The van der Waals surface area contributed by atoms with Gasteiger partial charge in [-0.1, -0.05) is 24.6 Å². The lowest BCUT2D eigenvalue weighted by Gasteiger charge is -2.38. The molecule has 1 aliphatic rings. The van der Waals surface area contributed by atoms with Crippen molar-refractivity contribution in [3.05, 3.63) is 29.3 Å². The first-order valence-corrected chi connectivity index (χ1v) is 8.65. The molecule has 0 saturated carbocycles. The molecule has 1 fully saturated rings. The minimum absolute atomic E-state index is 0.467. The van der Waals surface area contributed by atoms with Crippen molar-refractivity contribution in [3.8, 4) is 0 Å². The minimum atomic E-state index is 0.467. The standard InChI is InChI=1S/C18H28N2OS/c1-13-7-5-8-14(2)17(13)19-18(22)21-12-11-20-15(3)9-6-10-16(20)4/h5,7-8,15-16H,6,9-12H2,1-4H3,(H,19,22)/t15-,16-/m0/s1. The summed E-state index contributed by atoms with van der Waals surface area (Å²) in [4.78, 5) is 2.53. The highest BCUT2D eigenvalue weighted by molar-refractivity contribution is 7.80. The molecule has 0 radical (unpaired) electrons. The lowest BCUT2D eigenvalue weighted by atomic mass is 9.98. The SMILES string of the molecule is Cc1cccc(C)c1NC(=S)OCCN1[C@@H](C)CCC[C@@H]1C. The van der Waals surface area contributed by atoms with Crippen LogP contribution in [0.5, 0.6) is 0 Å². The van der Waals surface area contributed by atoms with Gasteiger partial charge >= 0.3 is 0 Å². The zero-order valence-corrected chi connectivity index (χ0v) is 15.0. The molecule has 0 amide bonds. The summed E-state index contributed by atoms with van der Waals surface area (Å²) in [6, 6.07) is 7.50. The Kier molecular flexibility index (Phi) is 6.21. The van der Waals surface area contributed by atoms with Crippen LogP contribution in [0.1, 0.15) is 44.2 Å². The van der Waals surface area contributed by atoms with Crippen LogP contribution in [0.15, 0.2) is 18.2 Å². The molecule has 1 aromatic rings. The van der Waals surface area contributed by atoms with Crippen molar-refractivity contribution in [1.82, 2.24) is 4.90 Å². The van der Waals surface area contributed by atoms with E-state index in [1.54, 1.807) is 0 Å². The Labute approximate surface area is 140 Å². The number of ether oxygens (including phenoxy) is 1. The lowest BCUT2D eigenvalue weighted by molar-refractivity contribution is 0.0837. The number of nitrogens with one attached hydrogen (secondary N) is 1. The van der Waals surface area contributed by atoms with Gasteiger partial charge in [-0.25, -0.2) is 0 Å². The molecular weight excluding hydrogens is 292 g/mol. The summed E-state index contributed by atoms with van der Waals surface area (Å²) < 4.78 is 5.73. The normalized spacial score (nSPS) is 22.4. The molecule has 0 bridgehead atoms. The molecule has 3 nitrogen and oxygen atoms in total. The highest BCUT2D eigenvalue weighted by atomic mass is 32.1. The third kappa shape index (κ3) is 4.43.